The monoisotopic (exact) mass is 581 g/mol. The molecule has 0 radical (unpaired) electrons. The van der Waals surface area contributed by atoms with Crippen molar-refractivity contribution >= 4 is 34.9 Å². The Morgan fingerprint density at radius 1 is 1.15 bits per heavy atom. The van der Waals surface area contributed by atoms with Gasteiger partial charge in [-0.2, -0.15) is 9.49 Å². The van der Waals surface area contributed by atoms with Gasteiger partial charge >= 0.3 is 0 Å². The van der Waals surface area contributed by atoms with Gasteiger partial charge in [-0.25, -0.2) is 14.4 Å². The molecule has 1 aliphatic heterocycles. The first-order valence-corrected chi connectivity index (χ1v) is 13.0. The van der Waals surface area contributed by atoms with Crippen LogP contribution < -0.4 is 20.1 Å². The first-order chi connectivity index (χ1) is 19.4. The van der Waals surface area contributed by atoms with Crippen molar-refractivity contribution < 1.29 is 28.9 Å². The minimum atomic E-state index is -0.764. The predicted octanol–water partition coefficient (Wildman–Crippen LogP) is 3.23. The van der Waals surface area contributed by atoms with Crippen LogP contribution in [0.2, 0.25) is 0 Å². The van der Waals surface area contributed by atoms with Gasteiger partial charge in [-0.3, -0.25) is 5.10 Å². The van der Waals surface area contributed by atoms with Gasteiger partial charge in [-0.1, -0.05) is 17.9 Å². The molecule has 1 saturated heterocycles. The van der Waals surface area contributed by atoms with E-state index in [4.69, 9.17) is 14.5 Å². The molecule has 0 atom stereocenters. The highest BCUT2D eigenvalue weighted by molar-refractivity contribution is 7.99. The highest BCUT2D eigenvalue weighted by atomic mass is 32.2. The Morgan fingerprint density at radius 2 is 1.95 bits per heavy atom. The highest BCUT2D eigenvalue weighted by Crippen LogP contribution is 2.38. The number of benzene rings is 2. The number of aromatic nitrogens is 4. The molecular formula is C27H25F2N7O4S. The number of rotatable bonds is 7. The topological polar surface area (TPSA) is 149 Å². The Morgan fingerprint density at radius 3 is 2.63 bits per heavy atom. The van der Waals surface area contributed by atoms with Crippen molar-refractivity contribution in [1.29, 1.82) is 0 Å². The van der Waals surface area contributed by atoms with E-state index < -0.39 is 11.6 Å². The van der Waals surface area contributed by atoms with E-state index in [9.17, 15) is 9.30 Å². The predicted molar refractivity (Wildman–Crippen MR) is 147 cm³/mol. The molecule has 0 bridgehead atoms. The van der Waals surface area contributed by atoms with Crippen LogP contribution in [0.15, 0.2) is 52.5 Å². The van der Waals surface area contributed by atoms with Gasteiger partial charge in [0.25, 0.3) is 5.69 Å². The van der Waals surface area contributed by atoms with Crippen LogP contribution in [0.4, 0.5) is 31.9 Å². The summed E-state index contributed by atoms with van der Waals surface area (Å²) in [5.41, 5.74) is 1.01. The zero-order valence-corrected chi connectivity index (χ0v) is 22.8. The van der Waals surface area contributed by atoms with E-state index in [0.29, 0.717) is 60.2 Å². The summed E-state index contributed by atoms with van der Waals surface area (Å²) in [5, 5.41) is 12.1. The van der Waals surface area contributed by atoms with Crippen molar-refractivity contribution in [1.82, 2.24) is 20.2 Å². The summed E-state index contributed by atoms with van der Waals surface area (Å²) in [5.74, 6) is 5.98. The van der Waals surface area contributed by atoms with E-state index in [1.54, 1.807) is 12.1 Å². The molecule has 4 aromatic rings. The number of nitrogens with one attached hydrogen (secondary N) is 3. The number of halogens is 2. The summed E-state index contributed by atoms with van der Waals surface area (Å²) in [6.45, 7) is 4.17. The molecule has 1 aliphatic rings. The maximum Gasteiger partial charge on any atom is 0.290 e. The molecule has 14 heteroatoms. The van der Waals surface area contributed by atoms with Gasteiger partial charge in [0, 0.05) is 46.6 Å². The summed E-state index contributed by atoms with van der Waals surface area (Å²) >= 11 is 1.04. The van der Waals surface area contributed by atoms with Crippen LogP contribution in [-0.4, -0.2) is 59.1 Å². The lowest BCUT2D eigenvalue weighted by Crippen LogP contribution is -2.56. The molecule has 0 spiro atoms. The lowest BCUT2D eigenvalue weighted by molar-refractivity contribution is -0.382. The van der Waals surface area contributed by atoms with E-state index >= 15 is 4.39 Å². The van der Waals surface area contributed by atoms with Gasteiger partial charge in [-0.15, -0.1) is 0 Å². The van der Waals surface area contributed by atoms with Crippen molar-refractivity contribution in [3.05, 3.63) is 75.8 Å². The summed E-state index contributed by atoms with van der Waals surface area (Å²) in [7, 11) is 1.54. The van der Waals surface area contributed by atoms with E-state index in [2.05, 4.69) is 32.3 Å². The smallest absolute Gasteiger partial charge is 0.290 e. The van der Waals surface area contributed by atoms with Crippen LogP contribution in [-0.2, 0) is 4.74 Å². The fraction of sp³-hybridized carbons (Fsp3) is 0.222. The molecule has 2 aromatic heterocycles. The molecule has 212 valence electrons. The summed E-state index contributed by atoms with van der Waals surface area (Å²) in [6.07, 6.45) is 0. The molecule has 11 nitrogen and oxygen atoms in total. The summed E-state index contributed by atoms with van der Waals surface area (Å²) in [4.78, 5) is 22.4. The number of nitrogens with zero attached hydrogens (tertiary/aromatic N) is 4. The molecular weight excluding hydrogens is 556 g/mol. The zero-order valence-electron chi connectivity index (χ0n) is 22.0. The second-order valence-electron chi connectivity index (χ2n) is 8.64. The minimum Gasteiger partial charge on any atom is -0.870 e. The van der Waals surface area contributed by atoms with E-state index in [1.807, 2.05) is 17.9 Å². The van der Waals surface area contributed by atoms with Crippen molar-refractivity contribution in [3.8, 4) is 17.6 Å². The molecule has 0 amide bonds. The Labute approximate surface area is 238 Å². The largest absolute Gasteiger partial charge is 0.870 e. The van der Waals surface area contributed by atoms with Gasteiger partial charge in [0.15, 0.2) is 22.6 Å². The zero-order chi connectivity index (χ0) is 28.1. The number of H-pyrrole nitrogens is 1. The molecule has 0 saturated carbocycles. The van der Waals surface area contributed by atoms with Gasteiger partial charge in [0.2, 0.25) is 11.6 Å². The lowest BCUT2D eigenvalue weighted by Gasteiger charge is -2.29. The third-order valence-corrected chi connectivity index (χ3v) is 6.79. The number of morpholine rings is 1. The standard InChI is InChI=1S/C27H23F2N7O3S.H2O/c1-16-14-22(34-33-16)30-25-24(38-2)26(36-10-12-39-13-11-36)32-27(31-25)40-21-9-7-17(15-19(21)28)6-8-18-4-3-5-20(35-37)23(18)29;/h3-5,7,9,14-15H,10-13H2,1-2H3,(H2,30,31,32,33,34);1H2. The van der Waals surface area contributed by atoms with Crippen LogP contribution in [0.1, 0.15) is 16.8 Å². The number of hydrogen-bond donors (Lipinski definition) is 3. The second kappa shape index (κ2) is 13.2. The van der Waals surface area contributed by atoms with Gasteiger partial charge in [0.1, 0.15) is 5.82 Å². The number of aryl methyl sites for hydroxylation is 1. The second-order valence-corrected chi connectivity index (χ2v) is 9.65. The third-order valence-electron chi connectivity index (χ3n) is 5.88. The fourth-order valence-corrected chi connectivity index (χ4v) is 4.69. The molecule has 4 N–H and O–H groups in total. The van der Waals surface area contributed by atoms with Gasteiger partial charge in [0.05, 0.1) is 30.8 Å². The number of nitroso groups, excluding NO2 is 1. The van der Waals surface area contributed by atoms with Crippen LogP contribution >= 0.6 is 11.8 Å². The summed E-state index contributed by atoms with van der Waals surface area (Å²) < 4.78 is 40.6. The summed E-state index contributed by atoms with van der Waals surface area (Å²) in [6, 6.07) is 10.5. The lowest BCUT2D eigenvalue weighted by atomic mass is 10.1. The quantitative estimate of drug-likeness (QED) is 0.219. The van der Waals surface area contributed by atoms with Crippen molar-refractivity contribution in [2.24, 2.45) is 0 Å². The average molecular weight is 582 g/mol. The number of ether oxygens (including phenoxy) is 2. The van der Waals surface area contributed by atoms with Crippen LogP contribution in [0.5, 0.6) is 5.75 Å². The normalized spacial score (nSPS) is 12.6. The Balaban J connectivity index is 0.00000387. The molecule has 3 heterocycles. The van der Waals surface area contributed by atoms with Crippen LogP contribution in [0.3, 0.4) is 0 Å². The molecule has 0 unspecified atom stereocenters. The van der Waals surface area contributed by atoms with E-state index in [-0.39, 0.29) is 21.6 Å². The van der Waals surface area contributed by atoms with Crippen molar-refractivity contribution in [2.45, 2.75) is 17.0 Å². The van der Waals surface area contributed by atoms with Crippen molar-refractivity contribution in [2.75, 3.05) is 43.6 Å². The Hall–Kier alpha value is -4.58. The number of methoxy groups -OCH3 is 1. The Bertz CT molecular complexity index is 1620. The maximum atomic E-state index is 15.2. The maximum absolute atomic E-state index is 15.2. The molecule has 0 aliphatic carbocycles. The third kappa shape index (κ3) is 6.77. The van der Waals surface area contributed by atoms with Crippen molar-refractivity contribution in [3.63, 3.8) is 0 Å². The Kier molecular flexibility index (Phi) is 9.45. The van der Waals surface area contributed by atoms with E-state index in [0.717, 1.165) is 17.5 Å². The number of anilines is 3. The number of aromatic amines is 1. The molecule has 2 aromatic carbocycles. The fourth-order valence-electron chi connectivity index (χ4n) is 3.94. The SMILES string of the molecule is COc1c(Nc2cc(C)[nH]n2)nc(Sc2ccc(C#Cc3cccc([NH+]=O)c3F)cc2F)nc1N1CCOCC1.[OH-]. The first-order valence-electron chi connectivity index (χ1n) is 12.2. The molecule has 1 fully saturated rings. The number of hydrogen-bond acceptors (Lipinski definition) is 10. The van der Waals surface area contributed by atoms with Crippen LogP contribution in [0.25, 0.3) is 0 Å². The average Bonchev–Trinajstić information content (AvgIpc) is 3.38. The highest BCUT2D eigenvalue weighted by Gasteiger charge is 2.24. The van der Waals surface area contributed by atoms with E-state index in [1.165, 1.54) is 36.6 Å². The van der Waals surface area contributed by atoms with Crippen LogP contribution in [0, 0.1) is 35.3 Å². The minimum absolute atomic E-state index is 0. The molecule has 41 heavy (non-hydrogen) atoms. The van der Waals surface area contributed by atoms with Gasteiger partial charge in [-0.05, 0) is 43.0 Å². The molecule has 5 rings (SSSR count). The van der Waals surface area contributed by atoms with Gasteiger partial charge < -0.3 is 25.2 Å². The first kappa shape index (κ1) is 29.4.